The third-order valence-electron chi connectivity index (χ3n) is 2.48. The fourth-order valence-electron chi connectivity index (χ4n) is 1.56. The van der Waals surface area contributed by atoms with E-state index in [2.05, 4.69) is 0 Å². The SMILES string of the molecule is O=C(C=CN1C=CCC=C1)C=CN1C=CCC=C1. The Balaban J connectivity index is 1.84. The molecule has 0 aromatic rings. The molecule has 2 aliphatic rings. The molecule has 2 aliphatic heterocycles. The minimum absolute atomic E-state index is 0.0326. The molecule has 18 heavy (non-hydrogen) atoms. The van der Waals surface area contributed by atoms with Crippen LogP contribution in [0.1, 0.15) is 12.8 Å². The molecule has 2 rings (SSSR count). The summed E-state index contributed by atoms with van der Waals surface area (Å²) in [5.74, 6) is -0.0326. The normalized spacial score (nSPS) is 18.4. The van der Waals surface area contributed by atoms with E-state index in [0.717, 1.165) is 12.8 Å². The Labute approximate surface area is 107 Å². The summed E-state index contributed by atoms with van der Waals surface area (Å²) >= 11 is 0. The number of carbonyl (C=O) groups is 1. The highest BCUT2D eigenvalue weighted by Crippen LogP contribution is 2.04. The predicted octanol–water partition coefficient (Wildman–Crippen LogP) is 3.05. The largest absolute Gasteiger partial charge is 0.331 e. The summed E-state index contributed by atoms with van der Waals surface area (Å²) in [5, 5.41) is 0. The van der Waals surface area contributed by atoms with Crippen molar-refractivity contribution in [2.75, 3.05) is 0 Å². The van der Waals surface area contributed by atoms with Gasteiger partial charge in [-0.3, -0.25) is 4.79 Å². The van der Waals surface area contributed by atoms with Gasteiger partial charge in [0.2, 0.25) is 0 Å². The summed E-state index contributed by atoms with van der Waals surface area (Å²) in [6, 6.07) is 0. The van der Waals surface area contributed by atoms with Crippen LogP contribution >= 0.6 is 0 Å². The van der Waals surface area contributed by atoms with Crippen LogP contribution in [0.15, 0.2) is 73.7 Å². The second-order valence-electron chi connectivity index (χ2n) is 3.94. The van der Waals surface area contributed by atoms with E-state index >= 15 is 0 Å². The molecule has 0 atom stereocenters. The average Bonchev–Trinajstić information content (AvgIpc) is 2.45. The fourth-order valence-corrected chi connectivity index (χ4v) is 1.56. The molecule has 0 amide bonds. The summed E-state index contributed by atoms with van der Waals surface area (Å²) in [5.41, 5.74) is 0. The van der Waals surface area contributed by atoms with Gasteiger partial charge in [-0.25, -0.2) is 0 Å². The molecule has 0 radical (unpaired) electrons. The predicted molar refractivity (Wildman–Crippen MR) is 72.8 cm³/mol. The van der Waals surface area contributed by atoms with Gasteiger partial charge in [0.15, 0.2) is 5.78 Å². The van der Waals surface area contributed by atoms with Crippen molar-refractivity contribution in [3.63, 3.8) is 0 Å². The molecule has 92 valence electrons. The van der Waals surface area contributed by atoms with E-state index in [1.807, 2.05) is 58.9 Å². The standard InChI is InChI=1S/C15H16N2O/c18-15(7-13-16-9-3-1-4-10-16)8-14-17-11-5-2-6-12-17/h3-14H,1-2H2. The molecule has 3 heteroatoms. The molecule has 0 fully saturated rings. The summed E-state index contributed by atoms with van der Waals surface area (Å²) in [6.07, 6.45) is 24.4. The van der Waals surface area contributed by atoms with Crippen LogP contribution in [0.4, 0.5) is 0 Å². The van der Waals surface area contributed by atoms with Crippen LogP contribution in [0.3, 0.4) is 0 Å². The van der Waals surface area contributed by atoms with Gasteiger partial charge in [-0.2, -0.15) is 0 Å². The first kappa shape index (κ1) is 12.2. The van der Waals surface area contributed by atoms with Gasteiger partial charge < -0.3 is 9.80 Å². The Morgan fingerprint density at radius 2 is 1.17 bits per heavy atom. The lowest BCUT2D eigenvalue weighted by Crippen LogP contribution is -2.04. The van der Waals surface area contributed by atoms with Gasteiger partial charge in [-0.05, 0) is 12.8 Å². The van der Waals surface area contributed by atoms with E-state index in [1.165, 1.54) is 0 Å². The highest BCUT2D eigenvalue weighted by atomic mass is 16.1. The Morgan fingerprint density at radius 3 is 1.56 bits per heavy atom. The van der Waals surface area contributed by atoms with Gasteiger partial charge in [0.1, 0.15) is 0 Å². The van der Waals surface area contributed by atoms with Crippen molar-refractivity contribution in [3.8, 4) is 0 Å². The van der Waals surface area contributed by atoms with E-state index in [1.54, 1.807) is 24.6 Å². The molecule has 3 nitrogen and oxygen atoms in total. The minimum Gasteiger partial charge on any atom is -0.331 e. The number of rotatable bonds is 4. The first-order chi connectivity index (χ1) is 8.84. The van der Waals surface area contributed by atoms with Crippen LogP contribution in [-0.4, -0.2) is 15.6 Å². The fraction of sp³-hybridized carbons (Fsp3) is 0.133. The molecule has 0 saturated heterocycles. The van der Waals surface area contributed by atoms with Crippen molar-refractivity contribution in [2.24, 2.45) is 0 Å². The number of carbonyl (C=O) groups excluding carboxylic acids is 1. The molecule has 0 spiro atoms. The van der Waals surface area contributed by atoms with Crippen molar-refractivity contribution >= 4 is 5.78 Å². The zero-order valence-corrected chi connectivity index (χ0v) is 10.1. The first-order valence-corrected chi connectivity index (χ1v) is 5.96. The molecule has 0 aromatic carbocycles. The molecule has 0 N–H and O–H groups in total. The zero-order valence-electron chi connectivity index (χ0n) is 10.1. The maximum atomic E-state index is 11.6. The molecule has 0 bridgehead atoms. The number of nitrogens with zero attached hydrogens (tertiary/aromatic N) is 2. The van der Waals surface area contributed by atoms with Crippen molar-refractivity contribution in [2.45, 2.75) is 12.8 Å². The molecule has 0 aromatic heterocycles. The summed E-state index contributed by atoms with van der Waals surface area (Å²) < 4.78 is 0. The molecular formula is C15H16N2O. The third kappa shape index (κ3) is 3.94. The van der Waals surface area contributed by atoms with Crippen LogP contribution in [0.25, 0.3) is 0 Å². The summed E-state index contributed by atoms with van der Waals surface area (Å²) in [4.78, 5) is 15.3. The van der Waals surface area contributed by atoms with E-state index in [4.69, 9.17) is 0 Å². The Kier molecular flexibility index (Phi) is 4.36. The quantitative estimate of drug-likeness (QED) is 0.706. The van der Waals surface area contributed by atoms with Crippen molar-refractivity contribution < 1.29 is 4.79 Å². The van der Waals surface area contributed by atoms with Crippen LogP contribution in [0.2, 0.25) is 0 Å². The second kappa shape index (κ2) is 6.45. The lowest BCUT2D eigenvalue weighted by Gasteiger charge is -2.12. The molecule has 2 heterocycles. The zero-order chi connectivity index (χ0) is 12.6. The number of hydrogen-bond donors (Lipinski definition) is 0. The van der Waals surface area contributed by atoms with E-state index in [0.29, 0.717) is 0 Å². The van der Waals surface area contributed by atoms with Gasteiger partial charge in [-0.15, -0.1) is 0 Å². The second-order valence-corrected chi connectivity index (χ2v) is 3.94. The van der Waals surface area contributed by atoms with Crippen LogP contribution in [-0.2, 0) is 4.79 Å². The van der Waals surface area contributed by atoms with Gasteiger partial charge in [-0.1, -0.05) is 24.3 Å². The smallest absolute Gasteiger partial charge is 0.181 e. The van der Waals surface area contributed by atoms with Gasteiger partial charge in [0, 0.05) is 49.4 Å². The number of allylic oxidation sites excluding steroid dienone is 6. The van der Waals surface area contributed by atoms with Crippen molar-refractivity contribution in [1.82, 2.24) is 9.80 Å². The van der Waals surface area contributed by atoms with Crippen LogP contribution < -0.4 is 0 Å². The molecule has 0 aliphatic carbocycles. The van der Waals surface area contributed by atoms with Crippen LogP contribution in [0.5, 0.6) is 0 Å². The maximum absolute atomic E-state index is 11.6. The molecule has 0 saturated carbocycles. The topological polar surface area (TPSA) is 23.6 Å². The number of ketones is 1. The first-order valence-electron chi connectivity index (χ1n) is 5.96. The minimum atomic E-state index is -0.0326. The number of hydrogen-bond acceptors (Lipinski definition) is 3. The van der Waals surface area contributed by atoms with Crippen LogP contribution in [0, 0.1) is 0 Å². The molecular weight excluding hydrogens is 224 g/mol. The van der Waals surface area contributed by atoms with E-state index in [-0.39, 0.29) is 5.78 Å². The summed E-state index contributed by atoms with van der Waals surface area (Å²) in [6.45, 7) is 0. The van der Waals surface area contributed by atoms with Crippen molar-refractivity contribution in [1.29, 1.82) is 0 Å². The Bertz CT molecular complexity index is 401. The molecule has 0 unspecified atom stereocenters. The van der Waals surface area contributed by atoms with E-state index in [9.17, 15) is 4.79 Å². The van der Waals surface area contributed by atoms with Crippen molar-refractivity contribution in [3.05, 3.63) is 73.7 Å². The maximum Gasteiger partial charge on any atom is 0.181 e. The Hall–Kier alpha value is -2.29. The Morgan fingerprint density at radius 1 is 0.778 bits per heavy atom. The highest BCUT2D eigenvalue weighted by Gasteiger charge is 1.95. The lowest BCUT2D eigenvalue weighted by atomic mass is 10.3. The average molecular weight is 240 g/mol. The van der Waals surface area contributed by atoms with Gasteiger partial charge >= 0.3 is 0 Å². The summed E-state index contributed by atoms with van der Waals surface area (Å²) in [7, 11) is 0. The van der Waals surface area contributed by atoms with Gasteiger partial charge in [0.05, 0.1) is 0 Å². The van der Waals surface area contributed by atoms with E-state index < -0.39 is 0 Å². The lowest BCUT2D eigenvalue weighted by molar-refractivity contribution is -0.110. The monoisotopic (exact) mass is 240 g/mol. The highest BCUT2D eigenvalue weighted by molar-refractivity contribution is 5.99. The third-order valence-corrected chi connectivity index (χ3v) is 2.48. The van der Waals surface area contributed by atoms with Gasteiger partial charge in [0.25, 0.3) is 0 Å².